The summed E-state index contributed by atoms with van der Waals surface area (Å²) in [6.07, 6.45) is 0.318. The van der Waals surface area contributed by atoms with Crippen molar-refractivity contribution in [3.63, 3.8) is 0 Å². The highest BCUT2D eigenvalue weighted by molar-refractivity contribution is 7.92. The van der Waals surface area contributed by atoms with Crippen LogP contribution in [0.5, 0.6) is 11.5 Å². The molecule has 8 nitrogen and oxygen atoms in total. The summed E-state index contributed by atoms with van der Waals surface area (Å²) >= 11 is 6.43. The molecule has 0 saturated carbocycles. The van der Waals surface area contributed by atoms with E-state index in [-0.39, 0.29) is 23.0 Å². The van der Waals surface area contributed by atoms with Crippen LogP contribution in [-0.2, 0) is 26.2 Å². The van der Waals surface area contributed by atoms with Gasteiger partial charge in [0.05, 0.1) is 10.6 Å². The molecular weight excluding hydrogens is 586 g/mol. The van der Waals surface area contributed by atoms with E-state index in [0.29, 0.717) is 35.1 Å². The molecule has 0 heterocycles. The number of rotatable bonds is 13. The van der Waals surface area contributed by atoms with Gasteiger partial charge >= 0.3 is 0 Å². The first-order valence-electron chi connectivity index (χ1n) is 14.0. The average Bonchev–Trinajstić information content (AvgIpc) is 3.02. The molecule has 2 amide bonds. The molecule has 4 rings (SSSR count). The van der Waals surface area contributed by atoms with Gasteiger partial charge in [0.2, 0.25) is 11.8 Å². The summed E-state index contributed by atoms with van der Waals surface area (Å²) in [7, 11) is -4.18. The molecule has 43 heavy (non-hydrogen) atoms. The van der Waals surface area contributed by atoms with Crippen molar-refractivity contribution in [2.45, 2.75) is 37.8 Å². The predicted octanol–water partition coefficient (Wildman–Crippen LogP) is 6.27. The van der Waals surface area contributed by atoms with Crippen molar-refractivity contribution in [1.82, 2.24) is 10.2 Å². The van der Waals surface area contributed by atoms with Crippen LogP contribution in [-0.4, -0.2) is 44.3 Å². The molecule has 10 heteroatoms. The standard InChI is InChI=1S/C33H34ClN3O5S/c1-3-31(33(39)35-4-2)36(23-25-13-11-12-18-30(25)34)32(38)24-37(43(40,41)29-16-9-6-10-17-29)26-19-21-28(22-20-26)42-27-14-7-5-8-15-27/h5-22,31H,3-4,23-24H2,1-2H3,(H,35,39)/t31-/m0/s1. The van der Waals surface area contributed by atoms with Gasteiger partial charge in [-0.2, -0.15) is 0 Å². The van der Waals surface area contributed by atoms with Gasteiger partial charge in [-0.1, -0.05) is 73.1 Å². The maximum absolute atomic E-state index is 14.1. The Morgan fingerprint density at radius 2 is 1.40 bits per heavy atom. The van der Waals surface area contributed by atoms with Gasteiger partial charge in [0.15, 0.2) is 0 Å². The van der Waals surface area contributed by atoms with Gasteiger partial charge in [0, 0.05) is 18.1 Å². The van der Waals surface area contributed by atoms with E-state index in [0.717, 1.165) is 4.31 Å². The Hall–Kier alpha value is -4.34. The largest absolute Gasteiger partial charge is 0.457 e. The molecule has 0 unspecified atom stereocenters. The van der Waals surface area contributed by atoms with Crippen molar-refractivity contribution >= 4 is 39.1 Å². The Morgan fingerprint density at radius 1 is 0.814 bits per heavy atom. The van der Waals surface area contributed by atoms with Gasteiger partial charge < -0.3 is 15.0 Å². The molecule has 0 aromatic heterocycles. The van der Waals surface area contributed by atoms with E-state index in [1.807, 2.05) is 30.3 Å². The lowest BCUT2D eigenvalue weighted by Gasteiger charge is -2.33. The average molecular weight is 620 g/mol. The molecule has 4 aromatic rings. The lowest BCUT2D eigenvalue weighted by Crippen LogP contribution is -2.52. The molecule has 0 saturated heterocycles. The van der Waals surface area contributed by atoms with E-state index in [1.165, 1.54) is 17.0 Å². The Balaban J connectivity index is 1.72. The summed E-state index contributed by atoms with van der Waals surface area (Å²) in [6, 6.07) is 29.8. The summed E-state index contributed by atoms with van der Waals surface area (Å²) in [6.45, 7) is 3.46. The Labute approximate surface area is 257 Å². The first-order valence-corrected chi connectivity index (χ1v) is 15.8. The summed E-state index contributed by atoms with van der Waals surface area (Å²) in [5, 5.41) is 3.23. The summed E-state index contributed by atoms with van der Waals surface area (Å²) in [5.41, 5.74) is 0.904. The molecule has 0 aliphatic heterocycles. The number of sulfonamides is 1. The minimum atomic E-state index is -4.18. The first kappa shape index (κ1) is 31.6. The maximum atomic E-state index is 14.1. The number of hydrogen-bond acceptors (Lipinski definition) is 5. The molecule has 224 valence electrons. The van der Waals surface area contributed by atoms with E-state index in [9.17, 15) is 18.0 Å². The number of halogens is 1. The van der Waals surface area contributed by atoms with E-state index >= 15 is 0 Å². The minimum Gasteiger partial charge on any atom is -0.457 e. The predicted molar refractivity (Wildman–Crippen MR) is 169 cm³/mol. The Bertz CT molecular complexity index is 1620. The quantitative estimate of drug-likeness (QED) is 0.190. The van der Waals surface area contributed by atoms with Gasteiger partial charge in [-0.15, -0.1) is 0 Å². The molecule has 4 aromatic carbocycles. The van der Waals surface area contributed by atoms with Crippen LogP contribution in [0, 0.1) is 0 Å². The zero-order chi connectivity index (χ0) is 30.8. The number of ether oxygens (including phenoxy) is 1. The van der Waals surface area contributed by atoms with E-state index in [1.54, 1.807) is 80.6 Å². The second-order valence-corrected chi connectivity index (χ2v) is 11.9. The Kier molecular flexibility index (Phi) is 10.8. The molecule has 0 aliphatic rings. The number of nitrogens with zero attached hydrogens (tertiary/aromatic N) is 2. The van der Waals surface area contributed by atoms with Crippen LogP contribution in [0.15, 0.2) is 114 Å². The van der Waals surface area contributed by atoms with Gasteiger partial charge in [0.1, 0.15) is 24.1 Å². The molecule has 0 spiro atoms. The third-order valence-electron chi connectivity index (χ3n) is 6.75. The summed E-state index contributed by atoms with van der Waals surface area (Å²) in [5.74, 6) is 0.249. The smallest absolute Gasteiger partial charge is 0.264 e. The second kappa shape index (κ2) is 14.7. The van der Waals surface area contributed by atoms with Crippen molar-refractivity contribution < 1.29 is 22.7 Å². The van der Waals surface area contributed by atoms with E-state index in [4.69, 9.17) is 16.3 Å². The first-order chi connectivity index (χ1) is 20.7. The fraction of sp³-hybridized carbons (Fsp3) is 0.212. The highest BCUT2D eigenvalue weighted by Crippen LogP contribution is 2.29. The van der Waals surface area contributed by atoms with Crippen molar-refractivity contribution in [1.29, 1.82) is 0 Å². The van der Waals surface area contributed by atoms with Gasteiger partial charge in [0.25, 0.3) is 10.0 Å². The second-order valence-electron chi connectivity index (χ2n) is 9.67. The fourth-order valence-corrected chi connectivity index (χ4v) is 6.21. The van der Waals surface area contributed by atoms with Crippen LogP contribution in [0.4, 0.5) is 5.69 Å². The highest BCUT2D eigenvalue weighted by Gasteiger charge is 2.33. The van der Waals surface area contributed by atoms with E-state index in [2.05, 4.69) is 5.32 Å². The molecule has 0 bridgehead atoms. The van der Waals surface area contributed by atoms with Gasteiger partial charge in [-0.25, -0.2) is 8.42 Å². The number of likely N-dealkylation sites (N-methyl/N-ethyl adjacent to an activating group) is 1. The number of nitrogens with one attached hydrogen (secondary N) is 1. The number of amides is 2. The molecular formula is C33H34ClN3O5S. The fourth-order valence-electron chi connectivity index (χ4n) is 4.58. The third-order valence-corrected chi connectivity index (χ3v) is 8.91. The van der Waals surface area contributed by atoms with Crippen molar-refractivity contribution in [2.24, 2.45) is 0 Å². The Morgan fingerprint density at radius 3 is 2.00 bits per heavy atom. The molecule has 1 N–H and O–H groups in total. The van der Waals surface area contributed by atoms with Gasteiger partial charge in [-0.05, 0) is 73.5 Å². The van der Waals surface area contributed by atoms with Crippen molar-refractivity contribution in [3.8, 4) is 11.5 Å². The summed E-state index contributed by atoms with van der Waals surface area (Å²) < 4.78 is 34.9. The maximum Gasteiger partial charge on any atom is 0.264 e. The van der Waals surface area contributed by atoms with Gasteiger partial charge in [-0.3, -0.25) is 13.9 Å². The lowest BCUT2D eigenvalue weighted by atomic mass is 10.1. The minimum absolute atomic E-state index is 0.0250. The van der Waals surface area contributed by atoms with Crippen molar-refractivity contribution in [2.75, 3.05) is 17.4 Å². The highest BCUT2D eigenvalue weighted by atomic mass is 35.5. The van der Waals surface area contributed by atoms with Crippen LogP contribution in [0.25, 0.3) is 0 Å². The third kappa shape index (κ3) is 7.94. The van der Waals surface area contributed by atoms with Crippen LogP contribution >= 0.6 is 11.6 Å². The molecule has 0 aliphatic carbocycles. The number of benzene rings is 4. The lowest BCUT2D eigenvalue weighted by molar-refractivity contribution is -0.140. The topological polar surface area (TPSA) is 96.0 Å². The molecule has 1 atom stereocenters. The number of para-hydroxylation sites is 1. The zero-order valence-corrected chi connectivity index (χ0v) is 25.6. The number of hydrogen-bond donors (Lipinski definition) is 1. The van der Waals surface area contributed by atoms with E-state index < -0.39 is 28.5 Å². The molecule has 0 radical (unpaired) electrons. The van der Waals surface area contributed by atoms with Crippen molar-refractivity contribution in [3.05, 3.63) is 120 Å². The monoisotopic (exact) mass is 619 g/mol. The summed E-state index contributed by atoms with van der Waals surface area (Å²) in [4.78, 5) is 28.6. The SMILES string of the molecule is CCNC(=O)[C@H](CC)N(Cc1ccccc1Cl)C(=O)CN(c1ccc(Oc2ccccc2)cc1)S(=O)(=O)c1ccccc1. The van der Waals surface area contributed by atoms with Crippen LogP contribution in [0.3, 0.4) is 0 Å². The van der Waals surface area contributed by atoms with Crippen LogP contribution in [0.1, 0.15) is 25.8 Å². The van der Waals surface area contributed by atoms with Crippen LogP contribution in [0.2, 0.25) is 5.02 Å². The molecule has 0 fully saturated rings. The number of carbonyl (C=O) groups excluding carboxylic acids is 2. The number of carbonyl (C=O) groups is 2. The number of anilines is 1. The normalized spacial score (nSPS) is 11.8. The zero-order valence-electron chi connectivity index (χ0n) is 24.0. The van der Waals surface area contributed by atoms with Crippen LogP contribution < -0.4 is 14.4 Å².